The minimum atomic E-state index is -0.295. The molecule has 7 nitrogen and oxygen atoms in total. The molecule has 3 aromatic rings. The van der Waals surface area contributed by atoms with Gasteiger partial charge < -0.3 is 14.5 Å². The summed E-state index contributed by atoms with van der Waals surface area (Å²) in [6.07, 6.45) is 1.57. The van der Waals surface area contributed by atoms with Crippen LogP contribution in [-0.4, -0.2) is 40.6 Å². The zero-order valence-electron chi connectivity index (χ0n) is 17.6. The Balaban J connectivity index is 1.68. The Hall–Kier alpha value is -3.00. The average Bonchev–Trinajstić information content (AvgIpc) is 3.10. The van der Waals surface area contributed by atoms with Crippen LogP contribution in [0.5, 0.6) is 11.5 Å². The van der Waals surface area contributed by atoms with Gasteiger partial charge in [0, 0.05) is 10.8 Å². The van der Waals surface area contributed by atoms with Gasteiger partial charge in [0.05, 0.1) is 30.5 Å². The van der Waals surface area contributed by atoms with Crippen molar-refractivity contribution in [1.82, 2.24) is 15.4 Å². The number of imidazole rings is 1. The highest BCUT2D eigenvalue weighted by Crippen LogP contribution is 2.28. The Morgan fingerprint density at radius 3 is 2.67 bits per heavy atom. The van der Waals surface area contributed by atoms with Crippen molar-refractivity contribution in [2.24, 2.45) is 5.10 Å². The molecule has 0 radical (unpaired) electrons. The molecule has 0 atom stereocenters. The van der Waals surface area contributed by atoms with Gasteiger partial charge in [-0.3, -0.25) is 4.79 Å². The number of rotatable bonds is 9. The molecule has 1 amide bonds. The summed E-state index contributed by atoms with van der Waals surface area (Å²) in [7, 11) is 0. The van der Waals surface area contributed by atoms with E-state index in [1.165, 1.54) is 0 Å². The van der Waals surface area contributed by atoms with Crippen molar-refractivity contribution in [3.8, 4) is 11.5 Å². The maximum Gasteiger partial charge on any atom is 0.271 e. The van der Waals surface area contributed by atoms with Crippen LogP contribution in [0, 0.1) is 0 Å². The van der Waals surface area contributed by atoms with Gasteiger partial charge in [-0.05, 0) is 55.8 Å². The molecule has 0 bridgehead atoms. The van der Waals surface area contributed by atoms with Crippen molar-refractivity contribution in [2.75, 3.05) is 13.2 Å². The lowest BCUT2D eigenvalue weighted by atomic mass is 10.2. The van der Waals surface area contributed by atoms with Gasteiger partial charge in [0.2, 0.25) is 0 Å². The molecule has 158 valence electrons. The second-order valence-electron chi connectivity index (χ2n) is 6.71. The molecule has 2 aromatic carbocycles. The predicted octanol–water partition coefficient (Wildman–Crippen LogP) is 4.62. The lowest BCUT2D eigenvalue weighted by Gasteiger charge is -2.11. The van der Waals surface area contributed by atoms with Crippen molar-refractivity contribution in [2.45, 2.75) is 38.1 Å². The number of nitrogens with zero attached hydrogens (tertiary/aromatic N) is 2. The normalized spacial score (nSPS) is 11.4. The van der Waals surface area contributed by atoms with Crippen molar-refractivity contribution >= 4 is 34.9 Å². The summed E-state index contributed by atoms with van der Waals surface area (Å²) in [4.78, 5) is 20.2. The molecule has 0 saturated heterocycles. The number of carbonyl (C=O) groups excluding carboxylic acids is 1. The number of thioether (sulfide) groups is 1. The molecular formula is C22H26N4O3S. The second kappa shape index (κ2) is 10.2. The summed E-state index contributed by atoms with van der Waals surface area (Å²) >= 11 is 1.65. The SMILES string of the molecule is CCOc1ccc(/C=N\NC(=O)c2ccc3nc(SC(C)C)[nH]c3c2)cc1OCC. The molecule has 0 aliphatic rings. The van der Waals surface area contributed by atoms with E-state index in [0.29, 0.717) is 35.5 Å². The van der Waals surface area contributed by atoms with Crippen molar-refractivity contribution in [3.63, 3.8) is 0 Å². The van der Waals surface area contributed by atoms with E-state index in [4.69, 9.17) is 9.47 Å². The number of hydrogen-bond acceptors (Lipinski definition) is 6. The quantitative estimate of drug-likeness (QED) is 0.296. The summed E-state index contributed by atoms with van der Waals surface area (Å²) in [5.41, 5.74) is 5.51. The zero-order chi connectivity index (χ0) is 21.5. The van der Waals surface area contributed by atoms with Gasteiger partial charge in [-0.2, -0.15) is 5.10 Å². The van der Waals surface area contributed by atoms with Gasteiger partial charge in [-0.25, -0.2) is 10.4 Å². The first kappa shape index (κ1) is 21.7. The maximum absolute atomic E-state index is 12.5. The fourth-order valence-corrected chi connectivity index (χ4v) is 3.55. The molecular weight excluding hydrogens is 400 g/mol. The highest BCUT2D eigenvalue weighted by molar-refractivity contribution is 7.99. The fourth-order valence-electron chi connectivity index (χ4n) is 2.78. The van der Waals surface area contributed by atoms with E-state index in [0.717, 1.165) is 21.8 Å². The van der Waals surface area contributed by atoms with Crippen LogP contribution in [0.2, 0.25) is 0 Å². The highest BCUT2D eigenvalue weighted by atomic mass is 32.2. The van der Waals surface area contributed by atoms with Crippen LogP contribution in [0.1, 0.15) is 43.6 Å². The second-order valence-corrected chi connectivity index (χ2v) is 8.28. The Morgan fingerprint density at radius 1 is 1.17 bits per heavy atom. The van der Waals surface area contributed by atoms with Gasteiger partial charge in [-0.15, -0.1) is 0 Å². The van der Waals surface area contributed by atoms with Crippen molar-refractivity contribution < 1.29 is 14.3 Å². The van der Waals surface area contributed by atoms with E-state index in [1.807, 2.05) is 38.1 Å². The van der Waals surface area contributed by atoms with Gasteiger partial charge in [-0.1, -0.05) is 25.6 Å². The number of aromatic amines is 1. The zero-order valence-corrected chi connectivity index (χ0v) is 18.4. The highest BCUT2D eigenvalue weighted by Gasteiger charge is 2.10. The number of hydrogen-bond donors (Lipinski definition) is 2. The van der Waals surface area contributed by atoms with E-state index in [1.54, 1.807) is 30.1 Å². The fraction of sp³-hybridized carbons (Fsp3) is 0.318. The van der Waals surface area contributed by atoms with Crippen LogP contribution in [0.4, 0.5) is 0 Å². The number of carbonyl (C=O) groups is 1. The van der Waals surface area contributed by atoms with Gasteiger partial charge in [0.1, 0.15) is 0 Å². The van der Waals surface area contributed by atoms with Crippen LogP contribution >= 0.6 is 11.8 Å². The molecule has 8 heteroatoms. The van der Waals surface area contributed by atoms with Gasteiger partial charge in [0.25, 0.3) is 5.91 Å². The van der Waals surface area contributed by atoms with E-state index < -0.39 is 0 Å². The minimum Gasteiger partial charge on any atom is -0.490 e. The maximum atomic E-state index is 12.5. The molecule has 0 aliphatic carbocycles. The Labute approximate surface area is 180 Å². The summed E-state index contributed by atoms with van der Waals surface area (Å²) in [5, 5.41) is 5.34. The van der Waals surface area contributed by atoms with E-state index in [9.17, 15) is 4.79 Å². The lowest BCUT2D eigenvalue weighted by Crippen LogP contribution is -2.17. The molecule has 1 aromatic heterocycles. The number of benzene rings is 2. The first-order valence-corrected chi connectivity index (χ1v) is 10.8. The van der Waals surface area contributed by atoms with Crippen LogP contribution in [0.25, 0.3) is 11.0 Å². The van der Waals surface area contributed by atoms with Crippen LogP contribution in [0.15, 0.2) is 46.7 Å². The molecule has 3 rings (SSSR count). The number of H-pyrrole nitrogens is 1. The number of fused-ring (bicyclic) bond motifs is 1. The summed E-state index contributed by atoms with van der Waals surface area (Å²) in [5.74, 6) is 1.04. The molecule has 0 fully saturated rings. The van der Waals surface area contributed by atoms with Crippen LogP contribution < -0.4 is 14.9 Å². The van der Waals surface area contributed by atoms with Gasteiger partial charge in [0.15, 0.2) is 16.7 Å². The molecule has 0 unspecified atom stereocenters. The number of nitrogens with one attached hydrogen (secondary N) is 2. The molecule has 30 heavy (non-hydrogen) atoms. The monoisotopic (exact) mass is 426 g/mol. The van der Waals surface area contributed by atoms with Crippen LogP contribution in [-0.2, 0) is 0 Å². The smallest absolute Gasteiger partial charge is 0.271 e. The van der Waals surface area contributed by atoms with Crippen LogP contribution in [0.3, 0.4) is 0 Å². The summed E-state index contributed by atoms with van der Waals surface area (Å²) in [6, 6.07) is 10.9. The first-order chi connectivity index (χ1) is 14.5. The van der Waals surface area contributed by atoms with E-state index >= 15 is 0 Å². The lowest BCUT2D eigenvalue weighted by molar-refractivity contribution is 0.0955. The topological polar surface area (TPSA) is 88.6 Å². The largest absolute Gasteiger partial charge is 0.490 e. The van der Waals surface area contributed by atoms with Gasteiger partial charge >= 0.3 is 0 Å². The Bertz CT molecular complexity index is 1050. The van der Waals surface area contributed by atoms with Crippen molar-refractivity contribution in [1.29, 1.82) is 0 Å². The van der Waals surface area contributed by atoms with E-state index in [2.05, 4.69) is 34.3 Å². The average molecular weight is 427 g/mol. The van der Waals surface area contributed by atoms with Crippen molar-refractivity contribution in [3.05, 3.63) is 47.5 Å². The molecule has 0 saturated carbocycles. The third kappa shape index (κ3) is 5.54. The Morgan fingerprint density at radius 2 is 1.93 bits per heavy atom. The number of hydrazone groups is 1. The minimum absolute atomic E-state index is 0.295. The first-order valence-electron chi connectivity index (χ1n) is 9.89. The summed E-state index contributed by atoms with van der Waals surface area (Å²) < 4.78 is 11.2. The molecule has 0 spiro atoms. The Kier molecular flexibility index (Phi) is 7.35. The van der Waals surface area contributed by atoms with E-state index in [-0.39, 0.29) is 5.91 Å². The molecule has 1 heterocycles. The third-order valence-electron chi connectivity index (χ3n) is 4.02. The third-order valence-corrected chi connectivity index (χ3v) is 4.90. The number of aromatic nitrogens is 2. The number of amides is 1. The molecule has 0 aliphatic heterocycles. The molecule has 2 N–H and O–H groups in total. The predicted molar refractivity (Wildman–Crippen MR) is 121 cm³/mol. The standard InChI is InChI=1S/C22H26N4O3S/c1-5-28-19-10-7-15(11-20(19)29-6-2)13-23-26-21(27)16-8-9-17-18(12-16)25-22(24-17)30-14(3)4/h7-14H,5-6H2,1-4H3,(H,24,25)(H,26,27)/b23-13-. The number of ether oxygens (including phenoxy) is 2. The summed E-state index contributed by atoms with van der Waals surface area (Å²) in [6.45, 7) is 9.14.